The van der Waals surface area contributed by atoms with Crippen LogP contribution >= 0.6 is 0 Å². The molecule has 3 rings (SSSR count). The predicted octanol–water partition coefficient (Wildman–Crippen LogP) is 2.61. The molecular formula is C17H21BF3NO3. The Morgan fingerprint density at radius 3 is 2.24 bits per heavy atom. The average Bonchev–Trinajstić information content (AvgIpc) is 2.94. The van der Waals surface area contributed by atoms with Crippen molar-refractivity contribution >= 4 is 18.5 Å². The Balaban J connectivity index is 1.79. The number of carbonyl (C=O) groups excluding carboxylic acids is 1. The molecule has 2 heterocycles. The summed E-state index contributed by atoms with van der Waals surface area (Å²) >= 11 is 0. The lowest BCUT2D eigenvalue weighted by molar-refractivity contribution is 0.00578. The lowest BCUT2D eigenvalue weighted by Gasteiger charge is -2.32. The summed E-state index contributed by atoms with van der Waals surface area (Å²) in [5.41, 5.74) is -1.00. The van der Waals surface area contributed by atoms with E-state index in [1.54, 1.807) is 0 Å². The van der Waals surface area contributed by atoms with Gasteiger partial charge in [-0.1, -0.05) is 6.07 Å². The zero-order valence-corrected chi connectivity index (χ0v) is 14.7. The van der Waals surface area contributed by atoms with E-state index in [9.17, 15) is 18.0 Å². The van der Waals surface area contributed by atoms with E-state index in [1.165, 1.54) is 12.1 Å². The van der Waals surface area contributed by atoms with Crippen molar-refractivity contribution in [3.05, 3.63) is 29.6 Å². The molecule has 136 valence electrons. The highest BCUT2D eigenvalue weighted by Crippen LogP contribution is 2.36. The van der Waals surface area contributed by atoms with E-state index in [-0.39, 0.29) is 24.0 Å². The molecule has 0 radical (unpaired) electrons. The van der Waals surface area contributed by atoms with Crippen LogP contribution in [0.1, 0.15) is 44.5 Å². The van der Waals surface area contributed by atoms with Gasteiger partial charge in [0.15, 0.2) is 0 Å². The molecule has 2 saturated heterocycles. The van der Waals surface area contributed by atoms with Gasteiger partial charge in [0.25, 0.3) is 11.8 Å². The largest absolute Gasteiger partial charge is 0.497 e. The van der Waals surface area contributed by atoms with Crippen molar-refractivity contribution in [3.8, 4) is 0 Å². The molecule has 4 nitrogen and oxygen atoms in total. The Kier molecular flexibility index (Phi) is 4.19. The van der Waals surface area contributed by atoms with E-state index in [0.29, 0.717) is 0 Å². The molecule has 0 bridgehead atoms. The fourth-order valence-corrected chi connectivity index (χ4v) is 2.91. The van der Waals surface area contributed by atoms with E-state index in [0.717, 1.165) is 11.0 Å². The van der Waals surface area contributed by atoms with Crippen molar-refractivity contribution in [2.24, 2.45) is 0 Å². The Labute approximate surface area is 145 Å². The monoisotopic (exact) mass is 355 g/mol. The maximum absolute atomic E-state index is 14.5. The molecule has 0 unspecified atom stereocenters. The number of hydrogen-bond acceptors (Lipinski definition) is 3. The van der Waals surface area contributed by atoms with Crippen LogP contribution < -0.4 is 5.46 Å². The molecule has 0 saturated carbocycles. The van der Waals surface area contributed by atoms with Gasteiger partial charge in [0.2, 0.25) is 0 Å². The second-order valence-electron chi connectivity index (χ2n) is 7.66. The predicted molar refractivity (Wildman–Crippen MR) is 87.6 cm³/mol. The molecule has 1 aromatic carbocycles. The highest BCUT2D eigenvalue weighted by molar-refractivity contribution is 6.62. The molecule has 25 heavy (non-hydrogen) atoms. The van der Waals surface area contributed by atoms with Gasteiger partial charge >= 0.3 is 7.12 Å². The second-order valence-corrected chi connectivity index (χ2v) is 7.66. The molecule has 1 amide bonds. The first-order valence-corrected chi connectivity index (χ1v) is 8.24. The number of likely N-dealkylation sites (tertiary alicyclic amines) is 1. The van der Waals surface area contributed by atoms with Gasteiger partial charge in [-0.15, -0.1) is 0 Å². The number of benzene rings is 1. The number of nitrogens with zero attached hydrogens (tertiary/aromatic N) is 1. The average molecular weight is 355 g/mol. The number of alkyl halides is 2. The van der Waals surface area contributed by atoms with E-state index < -0.39 is 42.5 Å². The summed E-state index contributed by atoms with van der Waals surface area (Å²) in [4.78, 5) is 13.3. The maximum atomic E-state index is 14.5. The minimum absolute atomic E-state index is 0.0353. The Bertz CT molecular complexity index is 692. The van der Waals surface area contributed by atoms with Gasteiger partial charge in [-0.05, 0) is 39.8 Å². The normalized spacial score (nSPS) is 24.0. The van der Waals surface area contributed by atoms with Crippen LogP contribution in [0.3, 0.4) is 0 Å². The highest BCUT2D eigenvalue weighted by atomic mass is 19.3. The van der Waals surface area contributed by atoms with Crippen LogP contribution in [0.5, 0.6) is 0 Å². The molecule has 0 aromatic heterocycles. The number of amides is 1. The summed E-state index contributed by atoms with van der Waals surface area (Å²) in [7, 11) is -0.884. The SMILES string of the molecule is CC1(C)OB(c2ccc(C(=O)N3CCC(F)(F)C3)cc2F)OC1(C)C. The summed E-state index contributed by atoms with van der Waals surface area (Å²) in [6.07, 6.45) is -0.368. The van der Waals surface area contributed by atoms with Gasteiger partial charge in [0.1, 0.15) is 5.82 Å². The lowest BCUT2D eigenvalue weighted by atomic mass is 9.78. The molecule has 0 atom stereocenters. The fourth-order valence-electron chi connectivity index (χ4n) is 2.91. The first kappa shape index (κ1) is 18.3. The Morgan fingerprint density at radius 1 is 1.16 bits per heavy atom. The van der Waals surface area contributed by atoms with Crippen molar-refractivity contribution < 1.29 is 27.3 Å². The third-order valence-corrected chi connectivity index (χ3v) is 5.21. The van der Waals surface area contributed by atoms with Crippen molar-refractivity contribution in [1.82, 2.24) is 4.90 Å². The Morgan fingerprint density at radius 2 is 1.76 bits per heavy atom. The van der Waals surface area contributed by atoms with Crippen LogP contribution in [0.4, 0.5) is 13.2 Å². The molecule has 1 aromatic rings. The van der Waals surface area contributed by atoms with Gasteiger partial charge in [0.05, 0.1) is 17.7 Å². The summed E-state index contributed by atoms with van der Waals surface area (Å²) < 4.78 is 52.7. The van der Waals surface area contributed by atoms with E-state index in [4.69, 9.17) is 9.31 Å². The van der Waals surface area contributed by atoms with Gasteiger partial charge in [-0.3, -0.25) is 4.79 Å². The number of halogens is 3. The zero-order valence-electron chi connectivity index (χ0n) is 14.7. The fraction of sp³-hybridized carbons (Fsp3) is 0.588. The van der Waals surface area contributed by atoms with Crippen molar-refractivity contribution in [2.45, 2.75) is 51.2 Å². The standard InChI is InChI=1S/C17H21BF3NO3/c1-15(2)16(3,4)25-18(24-15)12-6-5-11(9-13(12)19)14(23)22-8-7-17(20,21)10-22/h5-6,9H,7-8,10H2,1-4H3. The molecule has 2 aliphatic rings. The number of hydrogen-bond donors (Lipinski definition) is 0. The van der Waals surface area contributed by atoms with Crippen LogP contribution in [-0.2, 0) is 9.31 Å². The third-order valence-electron chi connectivity index (χ3n) is 5.21. The number of carbonyl (C=O) groups is 1. The van der Waals surface area contributed by atoms with Crippen LogP contribution in [0.15, 0.2) is 18.2 Å². The van der Waals surface area contributed by atoms with Crippen LogP contribution in [0.25, 0.3) is 0 Å². The molecule has 8 heteroatoms. The molecular weight excluding hydrogens is 334 g/mol. The first-order valence-electron chi connectivity index (χ1n) is 8.24. The van der Waals surface area contributed by atoms with Crippen molar-refractivity contribution in [2.75, 3.05) is 13.1 Å². The quantitative estimate of drug-likeness (QED) is 0.766. The van der Waals surface area contributed by atoms with E-state index >= 15 is 0 Å². The van der Waals surface area contributed by atoms with Gasteiger partial charge in [0, 0.05) is 24.0 Å². The minimum atomic E-state index is -2.88. The van der Waals surface area contributed by atoms with E-state index in [2.05, 4.69) is 0 Å². The third kappa shape index (κ3) is 3.29. The topological polar surface area (TPSA) is 38.8 Å². The summed E-state index contributed by atoms with van der Waals surface area (Å²) in [5.74, 6) is -4.14. The van der Waals surface area contributed by atoms with Gasteiger partial charge in [-0.25, -0.2) is 13.2 Å². The summed E-state index contributed by atoms with van der Waals surface area (Å²) in [6, 6.07) is 3.89. The van der Waals surface area contributed by atoms with Crippen molar-refractivity contribution in [1.29, 1.82) is 0 Å². The second kappa shape index (κ2) is 5.74. The van der Waals surface area contributed by atoms with Gasteiger partial charge in [-0.2, -0.15) is 0 Å². The zero-order chi connectivity index (χ0) is 18.6. The molecule has 0 spiro atoms. The van der Waals surface area contributed by atoms with Crippen LogP contribution in [0.2, 0.25) is 0 Å². The minimum Gasteiger partial charge on any atom is -0.399 e. The van der Waals surface area contributed by atoms with Gasteiger partial charge < -0.3 is 14.2 Å². The van der Waals surface area contributed by atoms with Crippen LogP contribution in [0, 0.1) is 5.82 Å². The summed E-state index contributed by atoms with van der Waals surface area (Å²) in [5, 5.41) is 0. The smallest absolute Gasteiger partial charge is 0.399 e. The van der Waals surface area contributed by atoms with Crippen molar-refractivity contribution in [3.63, 3.8) is 0 Å². The molecule has 0 N–H and O–H groups in total. The molecule has 0 aliphatic carbocycles. The van der Waals surface area contributed by atoms with E-state index in [1.807, 2.05) is 27.7 Å². The lowest BCUT2D eigenvalue weighted by Crippen LogP contribution is -2.41. The molecule has 2 aliphatic heterocycles. The summed E-state index contributed by atoms with van der Waals surface area (Å²) in [6.45, 7) is 6.76. The first-order chi connectivity index (χ1) is 11.4. The highest BCUT2D eigenvalue weighted by Gasteiger charge is 2.52. The molecule has 2 fully saturated rings. The van der Waals surface area contributed by atoms with Crippen LogP contribution in [-0.4, -0.2) is 48.1 Å². The Hall–Kier alpha value is -1.54. The maximum Gasteiger partial charge on any atom is 0.497 e. The number of rotatable bonds is 2.